The summed E-state index contributed by atoms with van der Waals surface area (Å²) in [5.41, 5.74) is 1.02. The first-order valence-corrected chi connectivity index (χ1v) is 11.8. The molecule has 0 heterocycles. The molecule has 2 atom stereocenters. The number of alkyl halides is 2. The van der Waals surface area contributed by atoms with Crippen molar-refractivity contribution in [3.05, 3.63) is 24.8 Å². The van der Waals surface area contributed by atoms with Crippen LogP contribution in [0.3, 0.4) is 0 Å². The average molecular weight is 768 g/mol. The summed E-state index contributed by atoms with van der Waals surface area (Å²) < 4.78 is 8.67. The lowest BCUT2D eigenvalue weighted by Gasteiger charge is -2.34. The van der Waals surface area contributed by atoms with Crippen LogP contribution in [0.25, 0.3) is 0 Å². The lowest BCUT2D eigenvalue weighted by molar-refractivity contribution is -0.136. The van der Waals surface area contributed by atoms with Crippen LogP contribution in [0.5, 0.6) is 5.75 Å². The van der Waals surface area contributed by atoms with Gasteiger partial charge >= 0.3 is 5.97 Å². The summed E-state index contributed by atoms with van der Waals surface area (Å²) in [5.74, 6) is 0.0937. The number of carbonyl (C=O) groups is 1. The van der Waals surface area contributed by atoms with Gasteiger partial charge in [-0.25, -0.2) is 0 Å². The van der Waals surface area contributed by atoms with Crippen LogP contribution in [-0.2, 0) is 11.2 Å². The first kappa shape index (κ1) is 20.7. The molecule has 2 rings (SSSR count). The second-order valence-corrected chi connectivity index (χ2v) is 11.0. The van der Waals surface area contributed by atoms with E-state index in [1.165, 1.54) is 0 Å². The van der Waals surface area contributed by atoms with Crippen molar-refractivity contribution in [3.63, 3.8) is 0 Å². The van der Waals surface area contributed by atoms with E-state index in [9.17, 15) is 9.90 Å². The summed E-state index contributed by atoms with van der Waals surface area (Å²) in [4.78, 5) is 10.7. The maximum atomic E-state index is 10.7. The number of carboxylic acids is 1. The van der Waals surface area contributed by atoms with Gasteiger partial charge in [-0.2, -0.15) is 0 Å². The first-order valence-electron chi connectivity index (χ1n) is 7.10. The highest BCUT2D eigenvalue weighted by Crippen LogP contribution is 2.36. The minimum atomic E-state index is -0.780. The number of aliphatic hydroxyl groups excluding tert-OH is 1. The zero-order valence-corrected chi connectivity index (χ0v) is 20.6. The monoisotopic (exact) mass is 768 g/mol. The molecule has 1 saturated carbocycles. The standard InChI is InChI=1S/C15H16I4O4/c16-9-5-8(6-10(17)14(9)22)23-15-11(18)3-7(4-12(15)19)1-2-13(20)21/h3-4,8-10,14,22H,1-2,5-6H2,(H,20,21). The van der Waals surface area contributed by atoms with Crippen LogP contribution >= 0.6 is 90.4 Å². The van der Waals surface area contributed by atoms with E-state index in [2.05, 4.69) is 90.4 Å². The molecule has 2 N–H and O–H groups in total. The maximum Gasteiger partial charge on any atom is 0.303 e. The van der Waals surface area contributed by atoms with E-state index in [0.29, 0.717) is 6.42 Å². The van der Waals surface area contributed by atoms with Crippen LogP contribution < -0.4 is 4.74 Å². The lowest BCUT2D eigenvalue weighted by Crippen LogP contribution is -2.42. The van der Waals surface area contributed by atoms with Gasteiger partial charge in [-0.15, -0.1) is 0 Å². The van der Waals surface area contributed by atoms with Crippen LogP contribution in [0.2, 0.25) is 0 Å². The van der Waals surface area contributed by atoms with Crippen LogP contribution in [-0.4, -0.2) is 36.2 Å². The molecule has 1 fully saturated rings. The van der Waals surface area contributed by atoms with Crippen molar-refractivity contribution < 1.29 is 19.7 Å². The molecule has 0 aliphatic heterocycles. The highest BCUT2D eigenvalue weighted by atomic mass is 127. The average Bonchev–Trinajstić information content (AvgIpc) is 2.46. The van der Waals surface area contributed by atoms with Crippen LogP contribution in [0, 0.1) is 7.14 Å². The van der Waals surface area contributed by atoms with E-state index in [4.69, 9.17) is 9.84 Å². The zero-order valence-electron chi connectivity index (χ0n) is 12.0. The molecule has 0 amide bonds. The first-order chi connectivity index (χ1) is 10.8. The molecule has 2 unspecified atom stereocenters. The quantitative estimate of drug-likeness (QED) is 0.345. The Morgan fingerprint density at radius 1 is 1.17 bits per heavy atom. The summed E-state index contributed by atoms with van der Waals surface area (Å²) >= 11 is 9.10. The highest BCUT2D eigenvalue weighted by Gasteiger charge is 2.35. The van der Waals surface area contributed by atoms with Gasteiger partial charge in [-0.3, -0.25) is 4.79 Å². The van der Waals surface area contributed by atoms with Gasteiger partial charge in [0.1, 0.15) is 11.9 Å². The molecule has 0 aromatic heterocycles. The van der Waals surface area contributed by atoms with Crippen molar-refractivity contribution in [2.45, 2.75) is 45.7 Å². The van der Waals surface area contributed by atoms with Crippen LogP contribution in [0.1, 0.15) is 24.8 Å². The van der Waals surface area contributed by atoms with E-state index < -0.39 is 5.97 Å². The molecular weight excluding hydrogens is 752 g/mol. The molecule has 8 heteroatoms. The minimum Gasteiger partial charge on any atom is -0.488 e. The molecule has 4 nitrogen and oxygen atoms in total. The fourth-order valence-electron chi connectivity index (χ4n) is 2.49. The number of aryl methyl sites for hydroxylation is 1. The number of rotatable bonds is 5. The second kappa shape index (κ2) is 9.35. The van der Waals surface area contributed by atoms with Crippen molar-refractivity contribution in [2.75, 3.05) is 0 Å². The van der Waals surface area contributed by atoms with Crippen molar-refractivity contribution in [1.82, 2.24) is 0 Å². The Morgan fingerprint density at radius 2 is 1.70 bits per heavy atom. The number of carboxylic acid groups (broad SMARTS) is 1. The molecule has 0 radical (unpaired) electrons. The Balaban J connectivity index is 2.09. The van der Waals surface area contributed by atoms with Crippen molar-refractivity contribution in [3.8, 4) is 5.75 Å². The van der Waals surface area contributed by atoms with E-state index >= 15 is 0 Å². The fraction of sp³-hybridized carbons (Fsp3) is 0.533. The maximum absolute atomic E-state index is 10.7. The van der Waals surface area contributed by atoms with Gasteiger partial charge in [0.25, 0.3) is 0 Å². The molecule has 1 aliphatic carbocycles. The third-order valence-corrected chi connectivity index (χ3v) is 7.78. The summed E-state index contributed by atoms with van der Waals surface area (Å²) in [7, 11) is 0. The molecular formula is C15H16I4O4. The van der Waals surface area contributed by atoms with E-state index in [1.807, 2.05) is 12.1 Å². The number of aliphatic hydroxyl groups is 1. The van der Waals surface area contributed by atoms with Gasteiger partial charge in [-0.05, 0) is 82.1 Å². The van der Waals surface area contributed by atoms with Gasteiger partial charge in [-0.1, -0.05) is 45.2 Å². The van der Waals surface area contributed by atoms with Crippen molar-refractivity contribution in [2.24, 2.45) is 0 Å². The number of halogens is 4. The molecule has 1 aromatic carbocycles. The Bertz CT molecular complexity index is 546. The molecule has 0 saturated heterocycles. The summed E-state index contributed by atoms with van der Waals surface area (Å²) in [6, 6.07) is 4.00. The summed E-state index contributed by atoms with van der Waals surface area (Å²) in [6.07, 6.45) is 2.19. The van der Waals surface area contributed by atoms with E-state index in [-0.39, 0.29) is 26.5 Å². The van der Waals surface area contributed by atoms with Crippen molar-refractivity contribution >= 4 is 96.3 Å². The number of ether oxygens (including phenoxy) is 1. The summed E-state index contributed by atoms with van der Waals surface area (Å²) in [6.45, 7) is 0. The van der Waals surface area contributed by atoms with E-state index in [0.717, 1.165) is 31.3 Å². The van der Waals surface area contributed by atoms with Crippen LogP contribution in [0.4, 0.5) is 0 Å². The van der Waals surface area contributed by atoms with Gasteiger partial charge in [0.05, 0.1) is 13.2 Å². The number of hydrogen-bond acceptors (Lipinski definition) is 3. The van der Waals surface area contributed by atoms with Crippen LogP contribution in [0.15, 0.2) is 12.1 Å². The number of benzene rings is 1. The van der Waals surface area contributed by atoms with Gasteiger partial charge < -0.3 is 14.9 Å². The predicted octanol–water partition coefficient (Wildman–Crippen LogP) is 4.42. The molecule has 0 bridgehead atoms. The van der Waals surface area contributed by atoms with E-state index in [1.54, 1.807) is 0 Å². The van der Waals surface area contributed by atoms with Gasteiger partial charge in [0, 0.05) is 14.3 Å². The SMILES string of the molecule is O=C(O)CCc1cc(I)c(OC2CC(I)C(O)C(I)C2)c(I)c1. The third-order valence-electron chi connectivity index (χ3n) is 3.69. The zero-order chi connectivity index (χ0) is 17.1. The number of aliphatic carboxylic acids is 1. The topological polar surface area (TPSA) is 66.8 Å². The predicted molar refractivity (Wildman–Crippen MR) is 123 cm³/mol. The second-order valence-electron chi connectivity index (χ2n) is 5.52. The molecule has 128 valence electrons. The molecule has 1 aromatic rings. The Labute approximate surface area is 190 Å². The summed E-state index contributed by atoms with van der Waals surface area (Å²) in [5, 5.41) is 18.9. The lowest BCUT2D eigenvalue weighted by atomic mass is 9.95. The molecule has 1 aliphatic rings. The largest absolute Gasteiger partial charge is 0.488 e. The minimum absolute atomic E-state index is 0.106. The Hall–Kier alpha value is 1.37. The van der Waals surface area contributed by atoms with Crippen molar-refractivity contribution in [1.29, 1.82) is 0 Å². The smallest absolute Gasteiger partial charge is 0.303 e. The Morgan fingerprint density at radius 3 is 2.17 bits per heavy atom. The Kier molecular flexibility index (Phi) is 8.40. The van der Waals surface area contributed by atoms with Gasteiger partial charge in [0.15, 0.2) is 0 Å². The normalized spacial score (nSPS) is 27.7. The molecule has 23 heavy (non-hydrogen) atoms. The molecule has 0 spiro atoms. The third kappa shape index (κ3) is 5.94. The fourth-order valence-corrected chi connectivity index (χ4v) is 7.57. The highest BCUT2D eigenvalue weighted by molar-refractivity contribution is 14.1. The number of hydrogen-bond donors (Lipinski definition) is 2. The van der Waals surface area contributed by atoms with Gasteiger partial charge in [0.2, 0.25) is 0 Å².